The topological polar surface area (TPSA) is 161 Å². The zero-order chi connectivity index (χ0) is 43.6. The van der Waals surface area contributed by atoms with Gasteiger partial charge in [-0.15, -0.1) is 0 Å². The molecule has 14 heteroatoms. The van der Waals surface area contributed by atoms with E-state index >= 15 is 0 Å². The summed E-state index contributed by atoms with van der Waals surface area (Å²) in [4.78, 5) is 18.5. The van der Waals surface area contributed by atoms with Crippen LogP contribution >= 0.6 is 11.6 Å². The first kappa shape index (κ1) is 43.3. The fourth-order valence-corrected chi connectivity index (χ4v) is 9.94. The number of ether oxygens (including phenoxy) is 2. The Morgan fingerprint density at radius 1 is 0.968 bits per heavy atom. The molecule has 5 aromatic rings. The van der Waals surface area contributed by atoms with Gasteiger partial charge in [0.2, 0.25) is 0 Å². The fourth-order valence-electron chi connectivity index (χ4n) is 8.83. The summed E-state index contributed by atoms with van der Waals surface area (Å²) in [6.07, 6.45) is 7.78. The van der Waals surface area contributed by atoms with Crippen molar-refractivity contribution in [3.05, 3.63) is 112 Å². The predicted molar refractivity (Wildman–Crippen MR) is 241 cm³/mol. The maximum atomic E-state index is 14.0. The van der Waals surface area contributed by atoms with Crippen molar-refractivity contribution in [3.63, 3.8) is 0 Å². The van der Waals surface area contributed by atoms with E-state index in [1.165, 1.54) is 34.9 Å². The summed E-state index contributed by atoms with van der Waals surface area (Å²) < 4.78 is 42.1. The Bertz CT molecular complexity index is 2630. The number of sulfonamides is 1. The zero-order valence-corrected chi connectivity index (χ0v) is 37.0. The molecular weight excluding hydrogens is 824 g/mol. The van der Waals surface area contributed by atoms with Crippen LogP contribution in [0.25, 0.3) is 16.5 Å². The molecule has 0 bridgehead atoms. The molecule has 8 rings (SSSR count). The second-order valence-electron chi connectivity index (χ2n) is 18.0. The molecule has 0 radical (unpaired) electrons. The molecule has 0 unspecified atom stereocenters. The highest BCUT2D eigenvalue weighted by atomic mass is 35.5. The predicted octanol–water partition coefficient (Wildman–Crippen LogP) is 9.10. The summed E-state index contributed by atoms with van der Waals surface area (Å²) in [6, 6.07) is 24.8. The average molecular weight is 878 g/mol. The van der Waals surface area contributed by atoms with Gasteiger partial charge >= 0.3 is 0 Å². The Hall–Kier alpha value is -5.39. The monoisotopic (exact) mass is 876 g/mol. The molecule has 12 nitrogen and oxygen atoms in total. The van der Waals surface area contributed by atoms with Crippen molar-refractivity contribution in [1.82, 2.24) is 19.8 Å². The maximum Gasteiger partial charge on any atom is 0.268 e. The van der Waals surface area contributed by atoms with Gasteiger partial charge in [-0.3, -0.25) is 14.8 Å². The Labute approximate surface area is 368 Å². The van der Waals surface area contributed by atoms with E-state index in [1.807, 2.05) is 43.3 Å². The number of halogens is 1. The average Bonchev–Trinajstić information content (AvgIpc) is 3.74. The number of aromatic nitrogens is 2. The molecule has 1 aliphatic heterocycles. The number of aliphatic hydroxyl groups is 1. The van der Waals surface area contributed by atoms with Gasteiger partial charge in [-0.1, -0.05) is 49.2 Å². The standard InChI is InChI=1S/C48H53ClN6O6S/c1-47(2)18-17-34(40(27-47)33-7-9-36(49)10-8-33)30-54-21-23-55(24-22-54)37-11-13-39(45(26-37)61-44-6-4-5-42-41(44)29-51-52-42)46(56)53-62(58,59)38-12-14-43(35(25-38)28-50)60-31-32-15-19-48(3,57)20-16-32/h4-14,25-26,29,32,57H,15-24,27,30-31H2,1-3H3,(H,51,52)(H,53,56)/t32-,48-. The highest BCUT2D eigenvalue weighted by molar-refractivity contribution is 7.90. The number of nitrogens with zero attached hydrogens (tertiary/aromatic N) is 4. The van der Waals surface area contributed by atoms with Crippen molar-refractivity contribution in [3.8, 4) is 23.3 Å². The first-order chi connectivity index (χ1) is 29.6. The van der Waals surface area contributed by atoms with Crippen LogP contribution in [0.3, 0.4) is 0 Å². The molecule has 1 amide bonds. The second kappa shape index (κ2) is 17.8. The minimum Gasteiger partial charge on any atom is -0.492 e. The van der Waals surface area contributed by atoms with Crippen molar-refractivity contribution < 1.29 is 27.8 Å². The number of aromatic amines is 1. The van der Waals surface area contributed by atoms with Crippen molar-refractivity contribution in [2.75, 3.05) is 44.2 Å². The molecular formula is C48H53ClN6O6S. The van der Waals surface area contributed by atoms with Gasteiger partial charge in [-0.05, 0) is 129 Å². The molecule has 1 saturated carbocycles. The molecule has 1 aromatic heterocycles. The number of fused-ring (bicyclic) bond motifs is 1. The van der Waals surface area contributed by atoms with E-state index in [9.17, 15) is 23.6 Å². The fraction of sp³-hybridized carbons (Fsp3) is 0.396. The molecule has 2 heterocycles. The number of carbonyl (C=O) groups excluding carboxylic acids is 1. The minimum absolute atomic E-state index is 0.0188. The summed E-state index contributed by atoms with van der Waals surface area (Å²) in [5.41, 5.74) is 5.33. The largest absolute Gasteiger partial charge is 0.492 e. The van der Waals surface area contributed by atoms with Crippen LogP contribution in [-0.4, -0.2) is 79.5 Å². The third kappa shape index (κ3) is 9.95. The first-order valence-electron chi connectivity index (χ1n) is 21.3. The highest BCUT2D eigenvalue weighted by Gasteiger charge is 2.31. The number of nitriles is 1. The number of anilines is 1. The lowest BCUT2D eigenvalue weighted by molar-refractivity contribution is 0.00150. The molecule has 4 aromatic carbocycles. The van der Waals surface area contributed by atoms with Crippen LogP contribution in [0, 0.1) is 22.7 Å². The van der Waals surface area contributed by atoms with Crippen molar-refractivity contribution in [2.45, 2.75) is 76.2 Å². The molecule has 0 atom stereocenters. The van der Waals surface area contributed by atoms with E-state index in [4.69, 9.17) is 21.1 Å². The van der Waals surface area contributed by atoms with Crippen LogP contribution in [0.2, 0.25) is 5.02 Å². The quantitative estimate of drug-likeness (QED) is 0.110. The highest BCUT2D eigenvalue weighted by Crippen LogP contribution is 2.44. The van der Waals surface area contributed by atoms with Crippen LogP contribution < -0.4 is 19.1 Å². The van der Waals surface area contributed by atoms with E-state index in [2.05, 4.69) is 50.7 Å². The lowest BCUT2D eigenvalue weighted by atomic mass is 9.72. The summed E-state index contributed by atoms with van der Waals surface area (Å²) in [7, 11) is -4.43. The van der Waals surface area contributed by atoms with Gasteiger partial charge in [0.15, 0.2) is 0 Å². The summed E-state index contributed by atoms with van der Waals surface area (Å²) in [6.45, 7) is 10.9. The number of H-pyrrole nitrogens is 1. The molecule has 0 spiro atoms. The van der Waals surface area contributed by atoms with Crippen molar-refractivity contribution in [1.29, 1.82) is 5.26 Å². The van der Waals surface area contributed by atoms with E-state index in [-0.39, 0.29) is 38.9 Å². The Kier molecular flexibility index (Phi) is 12.4. The number of rotatable bonds is 12. The number of carbonyl (C=O) groups is 1. The first-order valence-corrected chi connectivity index (χ1v) is 23.2. The lowest BCUT2D eigenvalue weighted by Gasteiger charge is -2.39. The molecule has 2 aliphatic carbocycles. The molecule has 1 saturated heterocycles. The zero-order valence-electron chi connectivity index (χ0n) is 35.4. The van der Waals surface area contributed by atoms with Gasteiger partial charge in [0, 0.05) is 49.5 Å². The summed E-state index contributed by atoms with van der Waals surface area (Å²) >= 11 is 6.25. The van der Waals surface area contributed by atoms with E-state index < -0.39 is 21.5 Å². The number of amides is 1. The van der Waals surface area contributed by atoms with Crippen LogP contribution in [-0.2, 0) is 10.0 Å². The molecule has 2 fully saturated rings. The van der Waals surface area contributed by atoms with Crippen LogP contribution in [0.5, 0.6) is 17.2 Å². The number of allylic oxidation sites excluding steroid dienone is 1. The van der Waals surface area contributed by atoms with Gasteiger partial charge in [0.05, 0.1) is 45.3 Å². The number of nitrogens with one attached hydrogen (secondary N) is 2. The smallest absolute Gasteiger partial charge is 0.268 e. The third-order valence-corrected chi connectivity index (χ3v) is 14.3. The molecule has 324 valence electrons. The Morgan fingerprint density at radius 3 is 2.47 bits per heavy atom. The van der Waals surface area contributed by atoms with Gasteiger partial charge in [0.25, 0.3) is 15.9 Å². The number of hydrogen-bond acceptors (Lipinski definition) is 10. The number of benzene rings is 4. The Balaban J connectivity index is 0.991. The summed E-state index contributed by atoms with van der Waals surface area (Å²) in [5.74, 6) is 0.212. The molecule has 62 heavy (non-hydrogen) atoms. The van der Waals surface area contributed by atoms with E-state index in [0.717, 1.165) is 81.1 Å². The van der Waals surface area contributed by atoms with Crippen LogP contribution in [0.15, 0.2) is 95.5 Å². The van der Waals surface area contributed by atoms with E-state index in [0.29, 0.717) is 30.6 Å². The van der Waals surface area contributed by atoms with Gasteiger partial charge in [-0.2, -0.15) is 10.4 Å². The SMILES string of the molecule is CC1(C)CCC(CN2CCN(c3ccc(C(=O)NS(=O)(=O)c4ccc(OC[C@H]5CC[C@](C)(O)CC5)c(C#N)c4)c(Oc4cccc5[nH]ncc45)c3)CC2)=C(c2ccc(Cl)cc2)C1. The van der Waals surface area contributed by atoms with Crippen LogP contribution in [0.4, 0.5) is 5.69 Å². The third-order valence-electron chi connectivity index (χ3n) is 12.7. The number of piperazine rings is 1. The van der Waals surface area contributed by atoms with Gasteiger partial charge in [0.1, 0.15) is 23.3 Å². The maximum absolute atomic E-state index is 14.0. The van der Waals surface area contributed by atoms with Gasteiger partial charge < -0.3 is 19.5 Å². The van der Waals surface area contributed by atoms with Crippen LogP contribution in [0.1, 0.15) is 87.2 Å². The normalized spacial score (nSPS) is 20.8. The second-order valence-corrected chi connectivity index (χ2v) is 20.1. The molecule has 3 aliphatic rings. The van der Waals surface area contributed by atoms with Crippen molar-refractivity contribution >= 4 is 49.7 Å². The van der Waals surface area contributed by atoms with Crippen molar-refractivity contribution in [2.24, 2.45) is 11.3 Å². The molecule has 3 N–H and O–H groups in total. The summed E-state index contributed by atoms with van der Waals surface area (Å²) in [5, 5.41) is 28.7. The lowest BCUT2D eigenvalue weighted by Crippen LogP contribution is -2.47. The van der Waals surface area contributed by atoms with Gasteiger partial charge in [-0.25, -0.2) is 13.1 Å². The Morgan fingerprint density at radius 2 is 1.73 bits per heavy atom. The minimum atomic E-state index is -4.43. The van der Waals surface area contributed by atoms with E-state index in [1.54, 1.807) is 24.4 Å². The number of hydrogen-bond donors (Lipinski definition) is 3.